The molecule has 8 nitrogen and oxygen atoms in total. The summed E-state index contributed by atoms with van der Waals surface area (Å²) in [7, 11) is -4.06. The summed E-state index contributed by atoms with van der Waals surface area (Å²) in [5.74, 6) is -1.69. The van der Waals surface area contributed by atoms with Crippen LogP contribution in [0.1, 0.15) is 36.9 Å². The molecule has 0 bridgehead atoms. The van der Waals surface area contributed by atoms with Gasteiger partial charge in [0.15, 0.2) is 6.61 Å². The molecule has 1 aromatic heterocycles. The Labute approximate surface area is 157 Å². The maximum Gasteiger partial charge on any atom is 0.374 e. The molecule has 0 spiro atoms. The first-order chi connectivity index (χ1) is 12.5. The molecule has 2 N–H and O–H groups in total. The fourth-order valence-electron chi connectivity index (χ4n) is 2.32. The fraction of sp³-hybridized carbons (Fsp3) is 0.333. The van der Waals surface area contributed by atoms with Crippen molar-refractivity contribution < 1.29 is 27.2 Å². The van der Waals surface area contributed by atoms with E-state index in [4.69, 9.17) is 14.3 Å². The van der Waals surface area contributed by atoms with Gasteiger partial charge in [0.25, 0.3) is 15.9 Å². The maximum absolute atomic E-state index is 12.6. The van der Waals surface area contributed by atoms with Crippen LogP contribution in [0.15, 0.2) is 52.0 Å². The van der Waals surface area contributed by atoms with Crippen molar-refractivity contribution in [3.63, 3.8) is 0 Å². The average Bonchev–Trinajstić information content (AvgIpc) is 3.07. The Morgan fingerprint density at radius 3 is 2.26 bits per heavy atom. The van der Waals surface area contributed by atoms with E-state index in [1.54, 1.807) is 4.90 Å². The Morgan fingerprint density at radius 2 is 1.74 bits per heavy atom. The van der Waals surface area contributed by atoms with Crippen LogP contribution in [0.3, 0.4) is 0 Å². The zero-order valence-electron chi connectivity index (χ0n) is 15.3. The summed E-state index contributed by atoms with van der Waals surface area (Å²) >= 11 is 0. The van der Waals surface area contributed by atoms with Crippen molar-refractivity contribution in [2.24, 2.45) is 5.14 Å². The lowest BCUT2D eigenvalue weighted by atomic mass is 10.0. The maximum atomic E-state index is 12.6. The van der Waals surface area contributed by atoms with Gasteiger partial charge >= 0.3 is 5.97 Å². The summed E-state index contributed by atoms with van der Waals surface area (Å²) in [5.41, 5.74) is 0.445. The SMILES string of the molecule is CC(C)(C)N(Cc1ccccc1)C(=O)COC(=O)c1ccc(S(N)(=O)=O)o1. The monoisotopic (exact) mass is 394 g/mol. The molecule has 1 aromatic carbocycles. The minimum Gasteiger partial charge on any atom is -0.450 e. The Bertz CT molecular complexity index is 913. The number of esters is 1. The third kappa shape index (κ3) is 5.66. The number of carbonyl (C=O) groups is 2. The Morgan fingerprint density at radius 1 is 1.11 bits per heavy atom. The third-order valence-corrected chi connectivity index (χ3v) is 4.46. The number of amides is 1. The third-order valence-electron chi connectivity index (χ3n) is 3.68. The van der Waals surface area contributed by atoms with E-state index in [0.717, 1.165) is 17.7 Å². The molecule has 0 aliphatic carbocycles. The zero-order chi connectivity index (χ0) is 20.2. The lowest BCUT2D eigenvalue weighted by Crippen LogP contribution is -2.46. The van der Waals surface area contributed by atoms with E-state index >= 15 is 0 Å². The smallest absolute Gasteiger partial charge is 0.374 e. The first-order valence-electron chi connectivity index (χ1n) is 8.12. The molecule has 1 amide bonds. The van der Waals surface area contributed by atoms with E-state index in [0.29, 0.717) is 6.54 Å². The number of carbonyl (C=O) groups excluding carboxylic acids is 2. The van der Waals surface area contributed by atoms with Gasteiger partial charge in [-0.25, -0.2) is 18.4 Å². The summed E-state index contributed by atoms with van der Waals surface area (Å²) < 4.78 is 32.2. The second-order valence-electron chi connectivity index (χ2n) is 6.88. The van der Waals surface area contributed by atoms with Gasteiger partial charge < -0.3 is 14.1 Å². The standard InChI is InChI=1S/C18H22N2O6S/c1-18(2,3)20(11-13-7-5-4-6-8-13)15(21)12-25-17(22)14-9-10-16(26-14)27(19,23)24/h4-10H,11-12H2,1-3H3,(H2,19,23,24). The Balaban J connectivity index is 2.04. The number of hydrogen-bond acceptors (Lipinski definition) is 6. The van der Waals surface area contributed by atoms with Gasteiger partial charge in [-0.2, -0.15) is 0 Å². The van der Waals surface area contributed by atoms with Crippen molar-refractivity contribution in [3.05, 3.63) is 53.8 Å². The van der Waals surface area contributed by atoms with Gasteiger partial charge in [0.2, 0.25) is 10.9 Å². The lowest BCUT2D eigenvalue weighted by molar-refractivity contribution is -0.140. The number of hydrogen-bond donors (Lipinski definition) is 1. The quantitative estimate of drug-likeness (QED) is 0.747. The highest BCUT2D eigenvalue weighted by atomic mass is 32.2. The molecule has 0 fully saturated rings. The second kappa shape index (κ2) is 7.93. The fourth-order valence-corrected chi connectivity index (χ4v) is 2.79. The normalized spacial score (nSPS) is 11.9. The van der Waals surface area contributed by atoms with Gasteiger partial charge in [-0.05, 0) is 38.5 Å². The first kappa shape index (κ1) is 20.7. The van der Waals surface area contributed by atoms with Gasteiger partial charge in [-0.3, -0.25) is 4.79 Å². The molecule has 2 aromatic rings. The van der Waals surface area contributed by atoms with Crippen LogP contribution in [0.2, 0.25) is 0 Å². The highest BCUT2D eigenvalue weighted by molar-refractivity contribution is 7.89. The zero-order valence-corrected chi connectivity index (χ0v) is 16.2. The van der Waals surface area contributed by atoms with Gasteiger partial charge in [-0.1, -0.05) is 30.3 Å². The number of nitrogens with two attached hydrogens (primary N) is 1. The van der Waals surface area contributed by atoms with Crippen LogP contribution < -0.4 is 5.14 Å². The molecule has 27 heavy (non-hydrogen) atoms. The summed E-state index contributed by atoms with van der Waals surface area (Å²) in [6.07, 6.45) is 0. The molecule has 0 aliphatic heterocycles. The van der Waals surface area contributed by atoms with Crippen molar-refractivity contribution in [2.45, 2.75) is 37.9 Å². The summed E-state index contributed by atoms with van der Waals surface area (Å²) in [6, 6.07) is 11.6. The van der Waals surface area contributed by atoms with Gasteiger partial charge in [0.1, 0.15) is 0 Å². The van der Waals surface area contributed by atoms with Crippen LogP contribution in [0, 0.1) is 0 Å². The van der Waals surface area contributed by atoms with Gasteiger partial charge in [0.05, 0.1) is 0 Å². The molecule has 0 radical (unpaired) electrons. The highest BCUT2D eigenvalue weighted by Crippen LogP contribution is 2.18. The van der Waals surface area contributed by atoms with Gasteiger partial charge in [0, 0.05) is 12.1 Å². The minimum atomic E-state index is -4.06. The molecule has 0 aliphatic rings. The van der Waals surface area contributed by atoms with Crippen LogP contribution in [0.25, 0.3) is 0 Å². The lowest BCUT2D eigenvalue weighted by Gasteiger charge is -2.35. The van der Waals surface area contributed by atoms with Crippen LogP contribution in [0.4, 0.5) is 0 Å². The summed E-state index contributed by atoms with van der Waals surface area (Å²) in [5, 5.41) is 4.36. The van der Waals surface area contributed by atoms with Crippen LogP contribution in [-0.2, 0) is 26.1 Å². The van der Waals surface area contributed by atoms with Crippen molar-refractivity contribution in [2.75, 3.05) is 6.61 Å². The predicted molar refractivity (Wildman–Crippen MR) is 97.1 cm³/mol. The minimum absolute atomic E-state index is 0.350. The van der Waals surface area contributed by atoms with E-state index in [1.807, 2.05) is 51.1 Å². The number of rotatable bonds is 6. The van der Waals surface area contributed by atoms with E-state index < -0.39 is 39.1 Å². The predicted octanol–water partition coefficient (Wildman–Crippen LogP) is 1.91. The molecular weight excluding hydrogens is 372 g/mol. The van der Waals surface area contributed by atoms with E-state index in [-0.39, 0.29) is 5.76 Å². The Kier molecular flexibility index (Phi) is 6.07. The van der Waals surface area contributed by atoms with E-state index in [9.17, 15) is 18.0 Å². The van der Waals surface area contributed by atoms with Crippen molar-refractivity contribution in [1.82, 2.24) is 4.90 Å². The average molecular weight is 394 g/mol. The topological polar surface area (TPSA) is 120 Å². The van der Waals surface area contributed by atoms with Crippen LogP contribution in [0.5, 0.6) is 0 Å². The highest BCUT2D eigenvalue weighted by Gasteiger charge is 2.28. The molecule has 2 rings (SSSR count). The second-order valence-corrected chi connectivity index (χ2v) is 8.37. The number of ether oxygens (including phenoxy) is 1. The van der Waals surface area contributed by atoms with Crippen molar-refractivity contribution in [1.29, 1.82) is 0 Å². The molecule has 0 atom stereocenters. The van der Waals surface area contributed by atoms with Crippen LogP contribution >= 0.6 is 0 Å². The molecular formula is C18H22N2O6S. The molecule has 146 valence electrons. The first-order valence-corrected chi connectivity index (χ1v) is 9.67. The van der Waals surface area contributed by atoms with Crippen molar-refractivity contribution >= 4 is 21.9 Å². The molecule has 1 heterocycles. The van der Waals surface area contributed by atoms with E-state index in [2.05, 4.69) is 0 Å². The van der Waals surface area contributed by atoms with Gasteiger partial charge in [-0.15, -0.1) is 0 Å². The number of furan rings is 1. The molecule has 9 heteroatoms. The Hall–Kier alpha value is -2.65. The summed E-state index contributed by atoms with van der Waals surface area (Å²) in [4.78, 5) is 26.2. The number of sulfonamides is 1. The number of nitrogens with zero attached hydrogens (tertiary/aromatic N) is 1. The molecule has 0 saturated heterocycles. The molecule has 0 saturated carbocycles. The summed E-state index contributed by atoms with van der Waals surface area (Å²) in [6.45, 7) is 5.48. The van der Waals surface area contributed by atoms with E-state index in [1.165, 1.54) is 0 Å². The van der Waals surface area contributed by atoms with Crippen LogP contribution in [-0.4, -0.2) is 37.3 Å². The van der Waals surface area contributed by atoms with Crippen molar-refractivity contribution in [3.8, 4) is 0 Å². The number of primary sulfonamides is 1. The largest absolute Gasteiger partial charge is 0.450 e. The molecule has 0 unspecified atom stereocenters. The number of benzene rings is 1.